The van der Waals surface area contributed by atoms with Crippen molar-refractivity contribution in [2.75, 3.05) is 34.3 Å². The zero-order valence-electron chi connectivity index (χ0n) is 32.4. The molecule has 0 aliphatic carbocycles. The molecule has 286 valence electrons. The van der Waals surface area contributed by atoms with Gasteiger partial charge in [0, 0.05) is 43.1 Å². The van der Waals surface area contributed by atoms with Crippen molar-refractivity contribution in [3.8, 4) is 28.1 Å². The van der Waals surface area contributed by atoms with E-state index in [1.54, 1.807) is 25.1 Å². The van der Waals surface area contributed by atoms with Crippen molar-refractivity contribution in [2.45, 2.75) is 39.2 Å². The number of aromatic amines is 4. The Balaban J connectivity index is 1.09. The molecular weight excluding hydrogens is 709 g/mol. The Morgan fingerprint density at radius 3 is 2.05 bits per heavy atom. The van der Waals surface area contributed by atoms with Gasteiger partial charge < -0.3 is 39.5 Å². The highest BCUT2D eigenvalue weighted by atomic mass is 16.5. The predicted octanol–water partition coefficient (Wildman–Crippen LogP) is 5.43. The SMILES string of the molecule is COc1[nH]c(C)c2[nH]c(=O)c3ncnc3c2c1-c1ccc(C(C)CNCc2[nH]c(=O)c(-c3ccc(C(C)CN(C)C)cc3)c3c2[nH]c(=O)c2c3ncn2C)cc1. The van der Waals surface area contributed by atoms with Crippen molar-refractivity contribution < 1.29 is 4.74 Å². The maximum absolute atomic E-state index is 14.0. The molecule has 0 saturated heterocycles. The van der Waals surface area contributed by atoms with Crippen LogP contribution in [0.4, 0.5) is 0 Å². The molecular formula is C42H44N10O4. The van der Waals surface area contributed by atoms with Crippen LogP contribution < -0.4 is 26.7 Å². The average molecular weight is 753 g/mol. The lowest BCUT2D eigenvalue weighted by molar-refractivity contribution is 0.383. The number of nitrogens with one attached hydrogen (secondary N) is 5. The van der Waals surface area contributed by atoms with E-state index in [-0.39, 0.29) is 28.1 Å². The van der Waals surface area contributed by atoms with E-state index in [1.165, 1.54) is 11.9 Å². The molecule has 5 N–H and O–H groups in total. The molecule has 0 fully saturated rings. The Kier molecular flexibility index (Phi) is 9.38. The van der Waals surface area contributed by atoms with Gasteiger partial charge in [0.2, 0.25) is 0 Å². The normalized spacial score (nSPS) is 13.1. The van der Waals surface area contributed by atoms with Crippen LogP contribution in [0.15, 0.2) is 75.6 Å². The van der Waals surface area contributed by atoms with Crippen molar-refractivity contribution in [3.63, 3.8) is 0 Å². The van der Waals surface area contributed by atoms with E-state index >= 15 is 0 Å². The summed E-state index contributed by atoms with van der Waals surface area (Å²) >= 11 is 0. The van der Waals surface area contributed by atoms with Crippen molar-refractivity contribution in [3.05, 3.63) is 115 Å². The molecule has 6 heterocycles. The summed E-state index contributed by atoms with van der Waals surface area (Å²) in [6.45, 7) is 7.98. The van der Waals surface area contributed by atoms with Gasteiger partial charge in [0.1, 0.15) is 22.9 Å². The lowest BCUT2D eigenvalue weighted by Gasteiger charge is -2.18. The van der Waals surface area contributed by atoms with Gasteiger partial charge >= 0.3 is 0 Å². The maximum Gasteiger partial charge on any atom is 0.276 e. The molecule has 2 aromatic carbocycles. The molecule has 14 heteroatoms. The number of ether oxygens (including phenoxy) is 1. The highest BCUT2D eigenvalue weighted by molar-refractivity contribution is 6.12. The van der Waals surface area contributed by atoms with Crippen molar-refractivity contribution in [1.82, 2.24) is 49.7 Å². The van der Waals surface area contributed by atoms with Crippen LogP contribution in [0.3, 0.4) is 0 Å². The highest BCUT2D eigenvalue weighted by Crippen LogP contribution is 2.39. The highest BCUT2D eigenvalue weighted by Gasteiger charge is 2.22. The third-order valence-electron chi connectivity index (χ3n) is 10.7. The topological polar surface area (TPSA) is 182 Å². The van der Waals surface area contributed by atoms with Gasteiger partial charge in [-0.3, -0.25) is 14.4 Å². The zero-order chi connectivity index (χ0) is 39.4. The first-order valence-corrected chi connectivity index (χ1v) is 18.6. The zero-order valence-corrected chi connectivity index (χ0v) is 32.4. The summed E-state index contributed by atoms with van der Waals surface area (Å²) in [5.41, 5.74) is 8.53. The Bertz CT molecular complexity index is 2950. The van der Waals surface area contributed by atoms with Crippen molar-refractivity contribution in [1.29, 1.82) is 0 Å². The van der Waals surface area contributed by atoms with E-state index in [4.69, 9.17) is 4.74 Å². The molecule has 56 heavy (non-hydrogen) atoms. The number of benzene rings is 2. The van der Waals surface area contributed by atoms with Crippen LogP contribution in [0.2, 0.25) is 0 Å². The number of methoxy groups -OCH3 is 1. The number of hydrogen-bond acceptors (Lipinski definition) is 9. The van der Waals surface area contributed by atoms with Gasteiger partial charge in [-0.15, -0.1) is 0 Å². The van der Waals surface area contributed by atoms with Crippen LogP contribution in [-0.2, 0) is 13.6 Å². The molecule has 6 aromatic heterocycles. The number of aryl methyl sites for hydroxylation is 2. The average Bonchev–Trinajstić information content (AvgIpc) is 3.84. The summed E-state index contributed by atoms with van der Waals surface area (Å²) in [6, 6.07) is 16.3. The minimum Gasteiger partial charge on any atom is -0.482 e. The number of pyridine rings is 4. The Labute approximate surface area is 321 Å². The molecule has 2 atom stereocenters. The fourth-order valence-corrected chi connectivity index (χ4v) is 7.96. The monoisotopic (exact) mass is 752 g/mol. The second-order valence-corrected chi connectivity index (χ2v) is 14.9. The number of imidazole rings is 2. The standard InChI is InChI=1S/C42H44N10O4/c1-21(24-8-14-27(15-9-24)30-32-33(23(3)47-42(30)56-7)49-40(54)37-35(32)44-19-45-37)16-43-17-28-34-31(36-38(41(55)50-34)52(6)20-46-36)29(39(53)48-28)26-12-10-25(11-13-26)22(2)18-51(4)5/h8-15,19-22,43,47H,16-18H2,1-7H3,(H,48,53)(H,49,54)(H,50,55). The largest absolute Gasteiger partial charge is 0.482 e. The second-order valence-electron chi connectivity index (χ2n) is 14.9. The van der Waals surface area contributed by atoms with E-state index < -0.39 is 0 Å². The summed E-state index contributed by atoms with van der Waals surface area (Å²) in [7, 11) is 7.49. The Hall–Kier alpha value is -6.38. The number of rotatable bonds is 11. The number of H-pyrrole nitrogens is 4. The molecule has 0 radical (unpaired) electrons. The first kappa shape index (κ1) is 36.6. The fraction of sp³-hybridized carbons (Fsp3) is 0.286. The van der Waals surface area contributed by atoms with Gasteiger partial charge in [-0.25, -0.2) is 15.0 Å². The summed E-state index contributed by atoms with van der Waals surface area (Å²) < 4.78 is 7.47. The van der Waals surface area contributed by atoms with Crippen molar-refractivity contribution in [2.24, 2.45) is 7.05 Å². The van der Waals surface area contributed by atoms with E-state index in [9.17, 15) is 14.4 Å². The third-order valence-corrected chi connectivity index (χ3v) is 10.7. The molecule has 0 aliphatic heterocycles. The summed E-state index contributed by atoms with van der Waals surface area (Å²) in [5, 5.41) is 4.88. The number of aromatic nitrogens is 8. The maximum atomic E-state index is 14.0. The third kappa shape index (κ3) is 6.26. The number of nitrogens with zero attached hydrogens (tertiary/aromatic N) is 5. The Morgan fingerprint density at radius 2 is 1.38 bits per heavy atom. The summed E-state index contributed by atoms with van der Waals surface area (Å²) in [6.07, 6.45) is 3.00. The van der Waals surface area contributed by atoms with Crippen LogP contribution in [0.1, 0.15) is 48.2 Å². The van der Waals surface area contributed by atoms with Crippen LogP contribution in [0.25, 0.3) is 66.1 Å². The second kappa shape index (κ2) is 14.4. The van der Waals surface area contributed by atoms with Crippen LogP contribution >= 0.6 is 0 Å². The smallest absolute Gasteiger partial charge is 0.276 e. The molecule has 0 amide bonds. The number of fused-ring (bicyclic) bond motifs is 6. The molecule has 0 aliphatic rings. The lowest BCUT2D eigenvalue weighted by atomic mass is 9.95. The summed E-state index contributed by atoms with van der Waals surface area (Å²) in [4.78, 5) is 67.9. The van der Waals surface area contributed by atoms with Crippen molar-refractivity contribution >= 4 is 43.9 Å². The Morgan fingerprint density at radius 1 is 0.750 bits per heavy atom. The number of likely N-dealkylation sites (N-methyl/N-ethyl adjacent to an activating group) is 1. The van der Waals surface area contributed by atoms with E-state index in [0.29, 0.717) is 69.1 Å². The van der Waals surface area contributed by atoms with Crippen LogP contribution in [-0.4, -0.2) is 78.6 Å². The van der Waals surface area contributed by atoms with E-state index in [2.05, 4.69) is 97.3 Å². The molecule has 14 nitrogen and oxygen atoms in total. The van der Waals surface area contributed by atoms with E-state index in [0.717, 1.165) is 39.9 Å². The predicted molar refractivity (Wildman–Crippen MR) is 221 cm³/mol. The van der Waals surface area contributed by atoms with Gasteiger partial charge in [0.15, 0.2) is 11.4 Å². The molecule has 0 bridgehead atoms. The van der Waals surface area contributed by atoms with Gasteiger partial charge in [0.25, 0.3) is 16.7 Å². The lowest BCUT2D eigenvalue weighted by Crippen LogP contribution is -2.24. The minimum absolute atomic E-state index is 0.0866. The first-order valence-electron chi connectivity index (χ1n) is 18.6. The molecule has 0 spiro atoms. The van der Waals surface area contributed by atoms with Crippen LogP contribution in [0.5, 0.6) is 5.88 Å². The first-order chi connectivity index (χ1) is 26.9. The minimum atomic E-state index is -0.297. The molecule has 8 aromatic rings. The van der Waals surface area contributed by atoms with Crippen LogP contribution in [0, 0.1) is 6.92 Å². The molecule has 8 rings (SSSR count). The number of hydrogen-bond donors (Lipinski definition) is 5. The molecule has 0 saturated carbocycles. The van der Waals surface area contributed by atoms with Gasteiger partial charge in [-0.05, 0) is 55.1 Å². The van der Waals surface area contributed by atoms with Gasteiger partial charge in [0.05, 0.1) is 41.3 Å². The van der Waals surface area contributed by atoms with Gasteiger partial charge in [-0.2, -0.15) is 0 Å². The van der Waals surface area contributed by atoms with E-state index in [1.807, 2.05) is 31.2 Å². The van der Waals surface area contributed by atoms with Gasteiger partial charge in [-0.1, -0.05) is 62.4 Å². The quantitative estimate of drug-likeness (QED) is 0.115. The summed E-state index contributed by atoms with van der Waals surface area (Å²) in [5.74, 6) is 0.954. The fourth-order valence-electron chi connectivity index (χ4n) is 7.96. The molecule has 2 unspecified atom stereocenters.